The molecule has 0 unspecified atom stereocenters. The first-order valence-corrected chi connectivity index (χ1v) is 17.7. The van der Waals surface area contributed by atoms with Crippen LogP contribution < -0.4 is 14.4 Å². The summed E-state index contributed by atoms with van der Waals surface area (Å²) in [5, 5.41) is 19.3. The Labute approximate surface area is 272 Å². The third-order valence-corrected chi connectivity index (χ3v) is 9.54. The fraction of sp³-hybridized carbons (Fsp3) is 0.419. The molecule has 0 bridgehead atoms. The highest BCUT2D eigenvalue weighted by Gasteiger charge is 2.46. The number of pyridine rings is 2. The van der Waals surface area contributed by atoms with Crippen molar-refractivity contribution in [3.63, 3.8) is 0 Å². The standard InChI is InChI=1S/C31H34Cl2N8O3S/c1-19(28-23(32)14-35-15-24(28)33)44-27-10-22-25(11-26(27)43-2)37-38-29(22)21-9-20(12-34)30(36-13-21)41-17-31(18-41,39-45(3,4)42)16-40-7-5-6-8-40/h9-11,13-15,19H,5-8,16-18H2,1-4H3,(H,37,38)/t19-/m1/s1. The van der Waals surface area contributed by atoms with Crippen LogP contribution in [0.4, 0.5) is 5.82 Å². The number of halogens is 2. The topological polar surface area (TPSA) is 133 Å². The first-order valence-electron chi connectivity index (χ1n) is 14.6. The van der Waals surface area contributed by atoms with Crippen molar-refractivity contribution >= 4 is 49.7 Å². The lowest BCUT2D eigenvalue weighted by atomic mass is 9.89. The highest BCUT2D eigenvalue weighted by atomic mass is 35.5. The summed E-state index contributed by atoms with van der Waals surface area (Å²) >= 11 is 12.8. The molecule has 2 aliphatic heterocycles. The molecule has 1 N–H and O–H groups in total. The summed E-state index contributed by atoms with van der Waals surface area (Å²) in [5.41, 5.74) is 2.60. The van der Waals surface area contributed by atoms with Crippen molar-refractivity contribution in [2.45, 2.75) is 31.4 Å². The Bertz CT molecular complexity index is 1890. The number of anilines is 1. The Kier molecular flexibility index (Phi) is 8.56. The van der Waals surface area contributed by atoms with Crippen molar-refractivity contribution in [1.29, 1.82) is 5.26 Å². The van der Waals surface area contributed by atoms with E-state index in [9.17, 15) is 9.47 Å². The van der Waals surface area contributed by atoms with Crippen LogP contribution in [0.1, 0.15) is 37.0 Å². The Morgan fingerprint density at radius 1 is 1.13 bits per heavy atom. The zero-order valence-corrected chi connectivity index (χ0v) is 27.8. The van der Waals surface area contributed by atoms with Gasteiger partial charge in [0, 0.05) is 83.0 Å². The van der Waals surface area contributed by atoms with E-state index in [-0.39, 0.29) is 0 Å². The monoisotopic (exact) mass is 668 g/mol. The van der Waals surface area contributed by atoms with Gasteiger partial charge in [0.05, 0.1) is 28.2 Å². The van der Waals surface area contributed by atoms with Crippen molar-refractivity contribution in [1.82, 2.24) is 25.1 Å². The molecule has 0 radical (unpaired) electrons. The van der Waals surface area contributed by atoms with E-state index in [0.29, 0.717) is 62.8 Å². The smallest absolute Gasteiger partial charge is 0.162 e. The Balaban J connectivity index is 1.29. The number of fused-ring (bicyclic) bond motifs is 1. The van der Waals surface area contributed by atoms with Gasteiger partial charge in [-0.3, -0.25) is 14.3 Å². The summed E-state index contributed by atoms with van der Waals surface area (Å²) in [6.45, 7) is 5.77. The lowest BCUT2D eigenvalue weighted by molar-refractivity contribution is 0.214. The lowest BCUT2D eigenvalue weighted by Gasteiger charge is -2.49. The van der Waals surface area contributed by atoms with Gasteiger partial charge < -0.3 is 19.3 Å². The number of aromatic nitrogens is 4. The molecule has 236 valence electrons. The van der Waals surface area contributed by atoms with Gasteiger partial charge in [0.1, 0.15) is 29.2 Å². The summed E-state index contributed by atoms with van der Waals surface area (Å²) in [6, 6.07) is 7.75. The van der Waals surface area contributed by atoms with Gasteiger partial charge in [-0.2, -0.15) is 10.4 Å². The average Bonchev–Trinajstić information content (AvgIpc) is 3.63. The van der Waals surface area contributed by atoms with E-state index in [2.05, 4.69) is 26.2 Å². The van der Waals surface area contributed by atoms with Crippen LogP contribution in [0.5, 0.6) is 11.5 Å². The summed E-state index contributed by atoms with van der Waals surface area (Å²) in [5.74, 6) is 1.55. The number of aromatic amines is 1. The zero-order chi connectivity index (χ0) is 31.9. The van der Waals surface area contributed by atoms with E-state index in [0.717, 1.165) is 30.5 Å². The summed E-state index contributed by atoms with van der Waals surface area (Å²) in [6.07, 6.45) is 9.96. The van der Waals surface area contributed by atoms with E-state index in [1.807, 2.05) is 17.9 Å². The van der Waals surface area contributed by atoms with Crippen molar-refractivity contribution < 1.29 is 13.7 Å². The maximum Gasteiger partial charge on any atom is 0.162 e. The average molecular weight is 670 g/mol. The second-order valence-corrected chi connectivity index (χ2v) is 15.3. The van der Waals surface area contributed by atoms with Crippen LogP contribution in [0, 0.1) is 11.3 Å². The van der Waals surface area contributed by atoms with Crippen LogP contribution >= 0.6 is 23.2 Å². The van der Waals surface area contributed by atoms with Gasteiger partial charge in [-0.1, -0.05) is 23.2 Å². The highest BCUT2D eigenvalue weighted by molar-refractivity contribution is 7.92. The Hall–Kier alpha value is -3.63. The molecule has 0 aliphatic carbocycles. The molecule has 4 aromatic rings. The molecule has 45 heavy (non-hydrogen) atoms. The van der Waals surface area contributed by atoms with E-state index in [1.54, 1.807) is 38.0 Å². The van der Waals surface area contributed by atoms with Gasteiger partial charge in [-0.15, -0.1) is 0 Å². The van der Waals surface area contributed by atoms with Crippen molar-refractivity contribution in [2.24, 2.45) is 4.36 Å². The molecular formula is C31H34Cl2N8O3S. The van der Waals surface area contributed by atoms with Crippen LogP contribution in [0.3, 0.4) is 0 Å². The minimum atomic E-state index is -2.31. The number of ether oxygens (including phenoxy) is 2. The maximum absolute atomic E-state index is 12.7. The number of H-pyrrole nitrogens is 1. The van der Waals surface area contributed by atoms with Crippen LogP contribution in [0.25, 0.3) is 22.2 Å². The number of hydrogen-bond donors (Lipinski definition) is 1. The lowest BCUT2D eigenvalue weighted by Crippen LogP contribution is -2.66. The van der Waals surface area contributed by atoms with Gasteiger partial charge in [-0.05, 0) is 45.0 Å². The molecule has 1 aromatic carbocycles. The SMILES string of the molecule is COc1cc2[nH]nc(-c3cnc(N4CC(CN5CCCC5)(N=S(C)(C)=O)C4)c(C#N)c3)c2cc1O[C@H](C)c1c(Cl)cncc1Cl. The largest absolute Gasteiger partial charge is 0.493 e. The highest BCUT2D eigenvalue weighted by Crippen LogP contribution is 2.41. The van der Waals surface area contributed by atoms with Gasteiger partial charge in [0.2, 0.25) is 0 Å². The minimum absolute atomic E-state index is 0.399. The van der Waals surface area contributed by atoms with Crippen molar-refractivity contribution in [3.05, 3.63) is 58.0 Å². The summed E-state index contributed by atoms with van der Waals surface area (Å²) in [7, 11) is -0.748. The van der Waals surface area contributed by atoms with E-state index < -0.39 is 21.4 Å². The normalized spacial score (nSPS) is 17.1. The molecular weight excluding hydrogens is 635 g/mol. The van der Waals surface area contributed by atoms with Crippen LogP contribution in [0.15, 0.2) is 41.2 Å². The molecule has 0 amide bonds. The van der Waals surface area contributed by atoms with E-state index in [4.69, 9.17) is 42.0 Å². The van der Waals surface area contributed by atoms with E-state index >= 15 is 0 Å². The van der Waals surface area contributed by atoms with Gasteiger partial charge in [-0.25, -0.2) is 9.35 Å². The van der Waals surface area contributed by atoms with Crippen LogP contribution in [0.2, 0.25) is 10.0 Å². The second-order valence-electron chi connectivity index (χ2n) is 11.9. The summed E-state index contributed by atoms with van der Waals surface area (Å²) < 4.78 is 29.4. The quantitative estimate of drug-likeness (QED) is 0.237. The Morgan fingerprint density at radius 2 is 1.84 bits per heavy atom. The fourth-order valence-electron chi connectivity index (χ4n) is 6.30. The molecule has 1 atom stereocenters. The number of nitrogens with zero attached hydrogens (tertiary/aromatic N) is 7. The molecule has 0 spiro atoms. The molecule has 2 saturated heterocycles. The number of hydrogen-bond acceptors (Lipinski definition) is 10. The van der Waals surface area contributed by atoms with Crippen LogP contribution in [-0.4, -0.2) is 87.2 Å². The van der Waals surface area contributed by atoms with Crippen molar-refractivity contribution in [3.8, 4) is 28.8 Å². The first kappa shape index (κ1) is 31.4. The zero-order valence-electron chi connectivity index (χ0n) is 25.5. The van der Waals surface area contributed by atoms with Crippen LogP contribution in [-0.2, 0) is 9.73 Å². The fourth-order valence-corrected chi connectivity index (χ4v) is 8.08. The van der Waals surface area contributed by atoms with Gasteiger partial charge >= 0.3 is 0 Å². The molecule has 2 aliphatic rings. The molecule has 2 fully saturated rings. The molecule has 14 heteroatoms. The summed E-state index contributed by atoms with van der Waals surface area (Å²) in [4.78, 5) is 13.2. The van der Waals surface area contributed by atoms with Crippen molar-refractivity contribution in [2.75, 3.05) is 57.2 Å². The number of nitriles is 1. The number of methoxy groups -OCH3 is 1. The molecule has 0 saturated carbocycles. The minimum Gasteiger partial charge on any atom is -0.493 e. The second kappa shape index (κ2) is 12.3. The first-order chi connectivity index (χ1) is 21.5. The third-order valence-electron chi connectivity index (χ3n) is 8.11. The van der Waals surface area contributed by atoms with Gasteiger partial charge in [0.25, 0.3) is 0 Å². The maximum atomic E-state index is 12.7. The predicted molar refractivity (Wildman–Crippen MR) is 177 cm³/mol. The molecule has 11 nitrogen and oxygen atoms in total. The molecule has 5 heterocycles. The van der Waals surface area contributed by atoms with Gasteiger partial charge in [0.15, 0.2) is 11.5 Å². The number of nitrogens with one attached hydrogen (secondary N) is 1. The molecule has 6 rings (SSSR count). The van der Waals surface area contributed by atoms with E-state index in [1.165, 1.54) is 25.2 Å². The number of likely N-dealkylation sites (tertiary alicyclic amines) is 1. The number of benzene rings is 1. The Morgan fingerprint density at radius 3 is 2.49 bits per heavy atom. The predicted octanol–water partition coefficient (Wildman–Crippen LogP) is 5.73. The number of rotatable bonds is 9. The molecule has 3 aromatic heterocycles. The third kappa shape index (κ3) is 6.40.